The highest BCUT2D eigenvalue weighted by Crippen LogP contribution is 2.32. The number of fused-ring (bicyclic) bond motifs is 3. The fraction of sp³-hybridized carbons (Fsp3) is 0.0833. The Morgan fingerprint density at radius 2 is 1.83 bits per heavy atom. The Kier molecular flexibility index (Phi) is 2.20. The van der Waals surface area contributed by atoms with E-state index in [4.69, 9.17) is 0 Å². The van der Waals surface area contributed by atoms with Gasteiger partial charge in [-0.15, -0.1) is 0 Å². The van der Waals surface area contributed by atoms with Crippen LogP contribution >= 0.6 is 0 Å². The third kappa shape index (κ3) is 1.36. The second-order valence-electron chi connectivity index (χ2n) is 4.05. The van der Waals surface area contributed by atoms with Crippen molar-refractivity contribution in [3.05, 3.63) is 41.5 Å². The fourth-order valence-electron chi connectivity index (χ4n) is 2.23. The van der Waals surface area contributed by atoms with Crippen LogP contribution in [0.1, 0.15) is 15.9 Å². The Hall–Kier alpha value is -1.92. The second kappa shape index (κ2) is 3.54. The van der Waals surface area contributed by atoms with Crippen LogP contribution in [0.2, 0.25) is 0 Å². The molecule has 0 spiro atoms. The van der Waals surface area contributed by atoms with Gasteiger partial charge in [-0.05, 0) is 22.4 Å². The highest BCUT2D eigenvalue weighted by Gasteiger charge is 2.34. The Bertz CT molecular complexity index is 780. The van der Waals surface area contributed by atoms with E-state index < -0.39 is 15.9 Å². The lowest BCUT2D eigenvalue weighted by Crippen LogP contribution is -2.20. The predicted octanol–water partition coefficient (Wildman–Crippen LogP) is 0.764. The van der Waals surface area contributed by atoms with Crippen LogP contribution in [-0.2, 0) is 16.6 Å². The number of rotatable bonds is 1. The standard InChI is InChI=1S/C12H9NO4S/c14-6-7-5-10-11(12(15)13-18(10,16)17)9-4-2-1-3-8(7)9/h1-5,14H,6H2,(H,13,15). The largest absolute Gasteiger partial charge is 0.392 e. The molecule has 1 amide bonds. The maximum absolute atomic E-state index is 11.8. The van der Waals surface area contributed by atoms with Crippen LogP contribution < -0.4 is 4.72 Å². The highest BCUT2D eigenvalue weighted by molar-refractivity contribution is 7.90. The summed E-state index contributed by atoms with van der Waals surface area (Å²) in [5, 5.41) is 10.5. The molecule has 0 aliphatic carbocycles. The van der Waals surface area contributed by atoms with Gasteiger partial charge in [-0.2, -0.15) is 0 Å². The van der Waals surface area contributed by atoms with Crippen LogP contribution in [-0.4, -0.2) is 19.4 Å². The van der Waals surface area contributed by atoms with Crippen LogP contribution in [0.5, 0.6) is 0 Å². The first-order valence-corrected chi connectivity index (χ1v) is 6.75. The van der Waals surface area contributed by atoms with Crippen molar-refractivity contribution in [2.24, 2.45) is 0 Å². The zero-order valence-electron chi connectivity index (χ0n) is 9.17. The summed E-state index contributed by atoms with van der Waals surface area (Å²) in [4.78, 5) is 11.7. The minimum Gasteiger partial charge on any atom is -0.392 e. The molecule has 2 N–H and O–H groups in total. The molecule has 1 heterocycles. The van der Waals surface area contributed by atoms with E-state index in [-0.39, 0.29) is 17.1 Å². The zero-order valence-corrected chi connectivity index (χ0v) is 9.99. The summed E-state index contributed by atoms with van der Waals surface area (Å²) in [7, 11) is -3.79. The zero-order chi connectivity index (χ0) is 12.9. The molecule has 0 saturated carbocycles. The number of carbonyl (C=O) groups is 1. The van der Waals surface area contributed by atoms with Gasteiger partial charge in [-0.1, -0.05) is 24.3 Å². The summed E-state index contributed by atoms with van der Waals surface area (Å²) in [5.41, 5.74) is 0.646. The van der Waals surface area contributed by atoms with Crippen molar-refractivity contribution in [3.63, 3.8) is 0 Å². The molecule has 92 valence electrons. The van der Waals surface area contributed by atoms with Gasteiger partial charge in [0.15, 0.2) is 0 Å². The van der Waals surface area contributed by atoms with Crippen LogP contribution in [0.15, 0.2) is 35.2 Å². The van der Waals surface area contributed by atoms with Crippen LogP contribution in [0, 0.1) is 0 Å². The third-order valence-corrected chi connectivity index (χ3v) is 4.36. The van der Waals surface area contributed by atoms with Crippen molar-refractivity contribution in [2.45, 2.75) is 11.5 Å². The molecule has 2 aromatic carbocycles. The molecule has 1 aliphatic rings. The normalized spacial score (nSPS) is 16.6. The van der Waals surface area contributed by atoms with Crippen molar-refractivity contribution in [1.82, 2.24) is 4.72 Å². The molecule has 5 nitrogen and oxygen atoms in total. The Labute approximate surface area is 103 Å². The predicted molar refractivity (Wildman–Crippen MR) is 64.5 cm³/mol. The molecule has 2 aromatic rings. The van der Waals surface area contributed by atoms with Gasteiger partial charge in [-0.3, -0.25) is 4.79 Å². The van der Waals surface area contributed by atoms with Crippen molar-refractivity contribution < 1.29 is 18.3 Å². The van der Waals surface area contributed by atoms with Crippen molar-refractivity contribution >= 4 is 26.7 Å². The molecule has 0 atom stereocenters. The first-order chi connectivity index (χ1) is 8.54. The number of aliphatic hydroxyl groups excluding tert-OH is 1. The van der Waals surface area contributed by atoms with E-state index >= 15 is 0 Å². The molecule has 3 rings (SSSR count). The van der Waals surface area contributed by atoms with Crippen molar-refractivity contribution in [1.29, 1.82) is 0 Å². The Morgan fingerprint density at radius 3 is 2.50 bits per heavy atom. The number of amides is 1. The van der Waals surface area contributed by atoms with E-state index in [2.05, 4.69) is 0 Å². The lowest BCUT2D eigenvalue weighted by Gasteiger charge is -2.07. The molecule has 18 heavy (non-hydrogen) atoms. The van der Waals surface area contributed by atoms with Crippen LogP contribution in [0.25, 0.3) is 10.8 Å². The Morgan fingerprint density at radius 1 is 1.17 bits per heavy atom. The summed E-state index contributed by atoms with van der Waals surface area (Å²) in [6, 6.07) is 8.27. The molecule has 0 saturated heterocycles. The molecule has 1 aliphatic heterocycles. The first-order valence-electron chi connectivity index (χ1n) is 5.27. The molecule has 0 bridgehead atoms. The van der Waals surface area contributed by atoms with E-state index in [9.17, 15) is 18.3 Å². The number of hydrogen-bond acceptors (Lipinski definition) is 4. The number of sulfonamides is 1. The molecular formula is C12H9NO4S. The fourth-order valence-corrected chi connectivity index (χ4v) is 3.45. The van der Waals surface area contributed by atoms with Crippen LogP contribution in [0.3, 0.4) is 0 Å². The average molecular weight is 263 g/mol. The van der Waals surface area contributed by atoms with Gasteiger partial charge < -0.3 is 5.11 Å². The maximum atomic E-state index is 11.8. The van der Waals surface area contributed by atoms with Gasteiger partial charge >= 0.3 is 0 Å². The van der Waals surface area contributed by atoms with E-state index in [1.165, 1.54) is 6.07 Å². The minimum absolute atomic E-state index is 0.0600. The van der Waals surface area contributed by atoms with Gasteiger partial charge in [0.2, 0.25) is 0 Å². The molecule has 0 fully saturated rings. The number of benzene rings is 2. The third-order valence-electron chi connectivity index (χ3n) is 3.01. The molecule has 0 radical (unpaired) electrons. The summed E-state index contributed by atoms with van der Waals surface area (Å²) in [5.74, 6) is -0.620. The van der Waals surface area contributed by atoms with E-state index in [0.717, 1.165) is 0 Å². The average Bonchev–Trinajstić information content (AvgIpc) is 2.58. The first kappa shape index (κ1) is 11.2. The topological polar surface area (TPSA) is 83.5 Å². The molecular weight excluding hydrogens is 254 g/mol. The monoisotopic (exact) mass is 263 g/mol. The SMILES string of the molecule is O=C1NS(=O)(=O)c2cc(CO)c3ccccc3c21. The van der Waals surface area contributed by atoms with Gasteiger partial charge in [0, 0.05) is 0 Å². The lowest BCUT2D eigenvalue weighted by atomic mass is 9.99. The maximum Gasteiger partial charge on any atom is 0.267 e. The molecule has 6 heteroatoms. The number of carbonyl (C=O) groups excluding carboxylic acids is 1. The van der Waals surface area contributed by atoms with Gasteiger partial charge in [0.05, 0.1) is 12.2 Å². The smallest absolute Gasteiger partial charge is 0.267 e. The van der Waals surface area contributed by atoms with Crippen molar-refractivity contribution in [3.8, 4) is 0 Å². The summed E-state index contributed by atoms with van der Waals surface area (Å²) < 4.78 is 25.5. The van der Waals surface area contributed by atoms with Crippen molar-refractivity contribution in [2.75, 3.05) is 0 Å². The van der Waals surface area contributed by atoms with E-state index in [1.54, 1.807) is 24.3 Å². The lowest BCUT2D eigenvalue weighted by molar-refractivity contribution is 0.0986. The quantitative estimate of drug-likeness (QED) is 0.795. The van der Waals surface area contributed by atoms with Gasteiger partial charge in [0.25, 0.3) is 15.9 Å². The summed E-state index contributed by atoms with van der Waals surface area (Å²) in [6.07, 6.45) is 0. The number of hydrogen-bond donors (Lipinski definition) is 2. The van der Waals surface area contributed by atoms with Gasteiger partial charge in [-0.25, -0.2) is 13.1 Å². The second-order valence-corrected chi connectivity index (χ2v) is 5.70. The highest BCUT2D eigenvalue weighted by atomic mass is 32.2. The van der Waals surface area contributed by atoms with Gasteiger partial charge in [0.1, 0.15) is 4.90 Å². The Balaban J connectivity index is 2.55. The molecule has 0 aromatic heterocycles. The van der Waals surface area contributed by atoms with Crippen LogP contribution in [0.4, 0.5) is 0 Å². The minimum atomic E-state index is -3.79. The summed E-state index contributed by atoms with van der Waals surface area (Å²) in [6.45, 7) is -0.280. The number of aliphatic hydroxyl groups is 1. The van der Waals surface area contributed by atoms with E-state index in [0.29, 0.717) is 16.3 Å². The van der Waals surface area contributed by atoms with E-state index in [1.807, 2.05) is 4.72 Å². The summed E-state index contributed by atoms with van der Waals surface area (Å²) >= 11 is 0. The molecule has 0 unspecified atom stereocenters. The number of nitrogens with one attached hydrogen (secondary N) is 1.